The fourth-order valence-electron chi connectivity index (χ4n) is 7.85. The number of hydrogen-bond donors (Lipinski definition) is 3. The van der Waals surface area contributed by atoms with E-state index in [1.807, 2.05) is 137 Å². The number of amides is 2. The Morgan fingerprint density at radius 1 is 0.774 bits per heavy atom. The third-order valence-electron chi connectivity index (χ3n) is 10.0. The van der Waals surface area contributed by atoms with E-state index in [0.29, 0.717) is 22.6 Å². The maximum atomic E-state index is 14.8. The van der Waals surface area contributed by atoms with Crippen molar-refractivity contribution in [3.63, 3.8) is 0 Å². The van der Waals surface area contributed by atoms with Crippen LogP contribution in [0.2, 0.25) is 0 Å². The van der Waals surface area contributed by atoms with E-state index >= 15 is 0 Å². The normalized spacial score (nSPS) is 17.5. The molecule has 270 valence electrons. The van der Waals surface area contributed by atoms with Crippen molar-refractivity contribution in [2.75, 3.05) is 55.1 Å². The van der Waals surface area contributed by atoms with E-state index in [1.54, 1.807) is 12.1 Å². The van der Waals surface area contributed by atoms with Crippen LogP contribution < -0.4 is 23.7 Å². The number of carbonyl (C=O) groups excluding carboxylic acids is 2. The van der Waals surface area contributed by atoms with Gasteiger partial charge in [0.1, 0.15) is 0 Å². The smallest absolute Gasteiger partial charge is 0.0522 e. The Morgan fingerprint density at radius 3 is 1.98 bits per heavy atom. The van der Waals surface area contributed by atoms with E-state index in [1.165, 1.54) is 0 Å². The molecule has 3 N–H and O–H groups in total. The number of rotatable bonds is 7. The summed E-state index contributed by atoms with van der Waals surface area (Å²) >= 11 is -3.70. The van der Waals surface area contributed by atoms with Gasteiger partial charge in [0.05, 0.1) is 0 Å². The van der Waals surface area contributed by atoms with Gasteiger partial charge in [-0.05, 0) is 6.07 Å². The molecule has 14 heteroatoms. The summed E-state index contributed by atoms with van der Waals surface area (Å²) in [6.07, 6.45) is 0. The fourth-order valence-corrected chi connectivity index (χ4v) is 37.5. The molecular formula is C39H35As2N3O5S4. The van der Waals surface area contributed by atoms with Gasteiger partial charge in [-0.15, -0.1) is 0 Å². The first-order valence-electron chi connectivity index (χ1n) is 17.2. The van der Waals surface area contributed by atoms with E-state index in [0.717, 1.165) is 64.9 Å². The molecule has 4 heterocycles. The van der Waals surface area contributed by atoms with Gasteiger partial charge < -0.3 is 4.90 Å². The van der Waals surface area contributed by atoms with Gasteiger partial charge in [0, 0.05) is 19.8 Å². The number of aromatic hydroxyl groups is 2. The molecule has 0 bridgehead atoms. The van der Waals surface area contributed by atoms with Gasteiger partial charge in [0.25, 0.3) is 0 Å². The van der Waals surface area contributed by atoms with Crippen molar-refractivity contribution >= 4 is 102 Å². The molecule has 9 rings (SSSR count). The summed E-state index contributed by atoms with van der Waals surface area (Å²) in [6, 6.07) is 26.9. The van der Waals surface area contributed by atoms with Crippen molar-refractivity contribution in [3.05, 3.63) is 113 Å². The standard InChI is InChI=1S/C39H35As2N3O5S4/c1-43(2)30-12-6-8-23-24(30)9-5-10-25(23)37(47)42-17-18-44-38(48)26-7-3-4-11-27(26)39(44)28-13-15-31(45)33(40-50-19-20-51-40)35(28)49-36-29(39)14-16-32(46)34(36)41-52-21-22-53-41/h3-16,45-46H,17-22H2,1-2H3,(H,42,47). The summed E-state index contributed by atoms with van der Waals surface area (Å²) in [5.41, 5.74) is 3.54. The quantitative estimate of drug-likeness (QED) is 0.170. The monoisotopic (exact) mass is 903 g/mol. The van der Waals surface area contributed by atoms with Crippen LogP contribution in [0.5, 0.6) is 23.0 Å². The SMILES string of the molecule is CN(C)c1cccc2c(C(=O)NCCN3C(=O)c4ccccc4C34c3ccc(O)c([As]5SCCS5)c3Oc3c4ccc(O)c3[As]3SCCS3)cccc12. The van der Waals surface area contributed by atoms with E-state index in [9.17, 15) is 19.8 Å². The van der Waals surface area contributed by atoms with Crippen LogP contribution in [0.4, 0.5) is 5.69 Å². The Hall–Kier alpha value is -2.98. The third-order valence-corrected chi connectivity index (χ3v) is 37.2. The molecule has 0 aromatic heterocycles. The number of benzene rings is 5. The van der Waals surface area contributed by atoms with Crippen LogP contribution in [0.25, 0.3) is 10.8 Å². The average molecular weight is 904 g/mol. The molecule has 2 amide bonds. The van der Waals surface area contributed by atoms with Gasteiger partial charge in [-0.1, -0.05) is 12.1 Å². The van der Waals surface area contributed by atoms with Gasteiger partial charge in [-0.2, -0.15) is 0 Å². The number of carbonyl (C=O) groups is 2. The second-order valence-electron chi connectivity index (χ2n) is 13.1. The van der Waals surface area contributed by atoms with Crippen LogP contribution in [0.15, 0.2) is 84.9 Å². The van der Waals surface area contributed by atoms with Crippen LogP contribution >= 0.6 is 40.1 Å². The number of anilines is 1. The summed E-state index contributed by atoms with van der Waals surface area (Å²) < 4.78 is 8.78. The van der Waals surface area contributed by atoms with Gasteiger partial charge in [0.15, 0.2) is 0 Å². The minimum absolute atomic E-state index is 0.136. The Labute approximate surface area is 330 Å². The van der Waals surface area contributed by atoms with Gasteiger partial charge in [-0.25, -0.2) is 0 Å². The molecular weight excluding hydrogens is 869 g/mol. The molecule has 1 spiro atoms. The Kier molecular flexibility index (Phi) is 9.61. The first kappa shape index (κ1) is 35.7. The minimum Gasteiger partial charge on any atom is -0.0522 e. The number of nitrogens with zero attached hydrogens (tertiary/aromatic N) is 2. The molecule has 0 radical (unpaired) electrons. The predicted molar refractivity (Wildman–Crippen MR) is 225 cm³/mol. The zero-order valence-corrected chi connectivity index (χ0v) is 35.9. The molecule has 53 heavy (non-hydrogen) atoms. The number of nitrogens with one attached hydrogen (secondary N) is 1. The second-order valence-corrected chi connectivity index (χ2v) is 36.3. The van der Waals surface area contributed by atoms with Crippen LogP contribution in [0.3, 0.4) is 0 Å². The number of phenols is 2. The second kappa shape index (κ2) is 14.3. The van der Waals surface area contributed by atoms with Crippen LogP contribution in [0.1, 0.15) is 37.4 Å². The molecule has 0 unspecified atom stereocenters. The molecule has 4 aliphatic heterocycles. The van der Waals surface area contributed by atoms with E-state index < -0.39 is 30.2 Å². The van der Waals surface area contributed by atoms with E-state index in [2.05, 4.69) is 5.32 Å². The maximum absolute atomic E-state index is 14.8. The molecule has 5 aromatic carbocycles. The molecule has 0 aliphatic carbocycles. The molecule has 4 aliphatic rings. The summed E-state index contributed by atoms with van der Waals surface area (Å²) in [4.78, 5) is 32.7. The summed E-state index contributed by atoms with van der Waals surface area (Å²) in [5, 5.41) is 28.1. The third kappa shape index (κ3) is 5.69. The molecule has 2 saturated heterocycles. The Morgan fingerprint density at radius 2 is 1.36 bits per heavy atom. The van der Waals surface area contributed by atoms with Crippen molar-refractivity contribution in [2.45, 2.75) is 5.54 Å². The molecule has 8 nitrogen and oxygen atoms in total. The zero-order chi connectivity index (χ0) is 36.4. The molecule has 2 fully saturated rings. The van der Waals surface area contributed by atoms with Crippen LogP contribution in [0, 0.1) is 0 Å². The topological polar surface area (TPSA) is 102 Å². The van der Waals surface area contributed by atoms with Crippen molar-refractivity contribution in [1.29, 1.82) is 0 Å². The number of ether oxygens (including phenoxy) is 1. The Balaban J connectivity index is 1.19. The minimum atomic E-state index is -1.85. The number of hydrogen-bond acceptors (Lipinski definition) is 10. The Bertz CT molecular complexity index is 2240. The van der Waals surface area contributed by atoms with Crippen molar-refractivity contribution in [2.24, 2.45) is 0 Å². The van der Waals surface area contributed by atoms with E-state index in [-0.39, 0.29) is 36.4 Å². The molecule has 5 aromatic rings. The van der Waals surface area contributed by atoms with Crippen molar-refractivity contribution in [1.82, 2.24) is 10.2 Å². The van der Waals surface area contributed by atoms with Gasteiger partial charge in [-0.3, -0.25) is 0 Å². The van der Waals surface area contributed by atoms with Gasteiger partial charge in [0.2, 0.25) is 0 Å². The van der Waals surface area contributed by atoms with Crippen LogP contribution in [-0.2, 0) is 5.54 Å². The van der Waals surface area contributed by atoms with Gasteiger partial charge >= 0.3 is 290 Å². The summed E-state index contributed by atoms with van der Waals surface area (Å²) in [5.74, 6) is 5.39. The fraction of sp³-hybridized carbons (Fsp3) is 0.231. The zero-order valence-electron chi connectivity index (χ0n) is 28.9. The summed E-state index contributed by atoms with van der Waals surface area (Å²) in [6.45, 7) is 0.423. The first-order valence-corrected chi connectivity index (χ1v) is 32.1. The number of phenolic OH excluding ortho intramolecular Hbond substituents is 2. The average Bonchev–Trinajstić information content (AvgIpc) is 3.94. The predicted octanol–water partition coefficient (Wildman–Crippen LogP) is 5.95. The van der Waals surface area contributed by atoms with Crippen molar-refractivity contribution < 1.29 is 24.5 Å². The van der Waals surface area contributed by atoms with Crippen molar-refractivity contribution in [3.8, 4) is 23.0 Å². The van der Waals surface area contributed by atoms with E-state index in [4.69, 9.17) is 4.74 Å². The molecule has 0 saturated carbocycles. The molecule has 0 atom stereocenters. The summed E-state index contributed by atoms with van der Waals surface area (Å²) in [7, 11) is 11.7. The number of fused-ring (bicyclic) bond motifs is 7. The van der Waals surface area contributed by atoms with Crippen LogP contribution in [-0.4, -0.2) is 102 Å². The first-order chi connectivity index (χ1) is 25.8.